The van der Waals surface area contributed by atoms with Gasteiger partial charge in [0, 0.05) is 12.1 Å². The number of aliphatic hydroxyl groups excluding tert-OH is 1. The molecule has 1 atom stereocenters. The van der Waals surface area contributed by atoms with Crippen molar-refractivity contribution in [2.45, 2.75) is 19.4 Å². The lowest BCUT2D eigenvalue weighted by molar-refractivity contribution is -0.139. The molecular formula is C32H34N2O5. The van der Waals surface area contributed by atoms with Gasteiger partial charge in [0.25, 0.3) is 11.7 Å². The molecule has 1 saturated heterocycles. The standard InChI is InChI=1S/C32H34N2O5/c1-5-19-38-27-16-15-24(20-22(27)2)30(35)28-29(34(32(37)31(28)36)18-10-17-33(3)4)23-11-9-14-26(21-23)39-25-12-7-6-8-13-25/h5-9,11-16,20-21,29,35H,1,10,17-19H2,2-4H3. The zero-order valence-corrected chi connectivity index (χ0v) is 22.6. The average molecular weight is 527 g/mol. The van der Waals surface area contributed by atoms with Gasteiger partial charge in [-0.25, -0.2) is 0 Å². The van der Waals surface area contributed by atoms with Crippen molar-refractivity contribution in [1.82, 2.24) is 9.80 Å². The van der Waals surface area contributed by atoms with Gasteiger partial charge in [-0.05, 0) is 87.6 Å². The molecule has 0 saturated carbocycles. The van der Waals surface area contributed by atoms with E-state index in [9.17, 15) is 14.7 Å². The van der Waals surface area contributed by atoms with Gasteiger partial charge in [0.05, 0.1) is 11.6 Å². The molecule has 7 heteroatoms. The number of benzene rings is 3. The van der Waals surface area contributed by atoms with Crippen molar-refractivity contribution in [3.05, 3.63) is 108 Å². The largest absolute Gasteiger partial charge is 0.507 e. The minimum Gasteiger partial charge on any atom is -0.507 e. The van der Waals surface area contributed by atoms with Crippen molar-refractivity contribution in [3.63, 3.8) is 0 Å². The Hall–Kier alpha value is -4.36. The molecule has 1 fully saturated rings. The Kier molecular flexibility index (Phi) is 8.84. The van der Waals surface area contributed by atoms with Gasteiger partial charge < -0.3 is 24.4 Å². The number of ether oxygens (including phenoxy) is 2. The Morgan fingerprint density at radius 3 is 2.46 bits per heavy atom. The van der Waals surface area contributed by atoms with E-state index in [0.29, 0.717) is 47.9 Å². The third kappa shape index (κ3) is 6.38. The van der Waals surface area contributed by atoms with E-state index >= 15 is 0 Å². The van der Waals surface area contributed by atoms with E-state index < -0.39 is 17.7 Å². The molecule has 0 aliphatic carbocycles. The van der Waals surface area contributed by atoms with Gasteiger partial charge in [0.15, 0.2) is 0 Å². The second-order valence-electron chi connectivity index (χ2n) is 9.72. The summed E-state index contributed by atoms with van der Waals surface area (Å²) in [7, 11) is 3.92. The molecule has 1 aliphatic heterocycles. The maximum Gasteiger partial charge on any atom is 0.295 e. The Morgan fingerprint density at radius 2 is 1.77 bits per heavy atom. The highest BCUT2D eigenvalue weighted by Gasteiger charge is 2.46. The monoisotopic (exact) mass is 526 g/mol. The number of amides is 1. The van der Waals surface area contributed by atoms with Gasteiger partial charge in [0.1, 0.15) is 29.6 Å². The molecule has 39 heavy (non-hydrogen) atoms. The predicted octanol–water partition coefficient (Wildman–Crippen LogP) is 5.73. The summed E-state index contributed by atoms with van der Waals surface area (Å²) in [5, 5.41) is 11.5. The molecule has 1 N–H and O–H groups in total. The second kappa shape index (κ2) is 12.5. The van der Waals surface area contributed by atoms with E-state index in [1.807, 2.05) is 80.5 Å². The number of para-hydroxylation sites is 1. The normalized spacial score (nSPS) is 16.5. The van der Waals surface area contributed by atoms with Crippen molar-refractivity contribution in [2.24, 2.45) is 0 Å². The first-order valence-electron chi connectivity index (χ1n) is 12.9. The summed E-state index contributed by atoms with van der Waals surface area (Å²) in [4.78, 5) is 30.3. The number of hydrogen-bond acceptors (Lipinski definition) is 6. The molecule has 0 spiro atoms. The van der Waals surface area contributed by atoms with Crippen LogP contribution in [0.2, 0.25) is 0 Å². The van der Waals surface area contributed by atoms with Crippen molar-refractivity contribution in [2.75, 3.05) is 33.8 Å². The van der Waals surface area contributed by atoms with Crippen LogP contribution in [0.15, 0.2) is 91.0 Å². The first kappa shape index (κ1) is 27.7. The Balaban J connectivity index is 1.76. The van der Waals surface area contributed by atoms with Gasteiger partial charge in [-0.1, -0.05) is 43.0 Å². The fraction of sp³-hybridized carbons (Fsp3) is 0.250. The molecule has 202 valence electrons. The summed E-state index contributed by atoms with van der Waals surface area (Å²) in [5.74, 6) is 0.332. The lowest BCUT2D eigenvalue weighted by Crippen LogP contribution is -2.32. The Labute approximate surface area is 229 Å². The third-order valence-corrected chi connectivity index (χ3v) is 6.50. The van der Waals surface area contributed by atoms with Gasteiger partial charge in [0.2, 0.25) is 0 Å². The van der Waals surface area contributed by atoms with Crippen LogP contribution in [0.5, 0.6) is 17.2 Å². The maximum atomic E-state index is 13.4. The topological polar surface area (TPSA) is 79.3 Å². The molecule has 0 bridgehead atoms. The summed E-state index contributed by atoms with van der Waals surface area (Å²) in [5.41, 5.74) is 1.96. The van der Waals surface area contributed by atoms with E-state index in [0.717, 1.165) is 12.1 Å². The highest BCUT2D eigenvalue weighted by molar-refractivity contribution is 6.46. The van der Waals surface area contributed by atoms with E-state index in [1.54, 1.807) is 29.2 Å². The number of carbonyl (C=O) groups excluding carboxylic acids is 2. The van der Waals surface area contributed by atoms with Crippen LogP contribution >= 0.6 is 0 Å². The van der Waals surface area contributed by atoms with Crippen LogP contribution in [0.4, 0.5) is 0 Å². The summed E-state index contributed by atoms with van der Waals surface area (Å²) >= 11 is 0. The summed E-state index contributed by atoms with van der Waals surface area (Å²) in [6.07, 6.45) is 2.33. The lowest BCUT2D eigenvalue weighted by Gasteiger charge is -2.26. The van der Waals surface area contributed by atoms with Crippen LogP contribution < -0.4 is 9.47 Å². The zero-order valence-electron chi connectivity index (χ0n) is 22.6. The number of rotatable bonds is 11. The molecule has 1 amide bonds. The van der Waals surface area contributed by atoms with Crippen LogP contribution in [0.1, 0.15) is 29.2 Å². The summed E-state index contributed by atoms with van der Waals surface area (Å²) < 4.78 is 11.7. The van der Waals surface area contributed by atoms with E-state index in [-0.39, 0.29) is 11.3 Å². The second-order valence-corrected chi connectivity index (χ2v) is 9.72. The van der Waals surface area contributed by atoms with Gasteiger partial charge in [-0.15, -0.1) is 0 Å². The first-order chi connectivity index (χ1) is 18.8. The smallest absolute Gasteiger partial charge is 0.295 e. The predicted molar refractivity (Wildman–Crippen MR) is 152 cm³/mol. The van der Waals surface area contributed by atoms with Crippen molar-refractivity contribution in [3.8, 4) is 17.2 Å². The fourth-order valence-corrected chi connectivity index (χ4v) is 4.65. The van der Waals surface area contributed by atoms with Gasteiger partial charge in [-0.2, -0.15) is 0 Å². The number of aryl methyl sites for hydroxylation is 1. The number of carbonyl (C=O) groups is 2. The van der Waals surface area contributed by atoms with Crippen LogP contribution in [-0.2, 0) is 9.59 Å². The van der Waals surface area contributed by atoms with Gasteiger partial charge in [-0.3, -0.25) is 9.59 Å². The lowest BCUT2D eigenvalue weighted by atomic mass is 9.94. The molecule has 0 aromatic heterocycles. The fourth-order valence-electron chi connectivity index (χ4n) is 4.65. The molecule has 1 aliphatic rings. The highest BCUT2D eigenvalue weighted by Crippen LogP contribution is 2.41. The van der Waals surface area contributed by atoms with E-state index in [4.69, 9.17) is 9.47 Å². The first-order valence-corrected chi connectivity index (χ1v) is 12.9. The summed E-state index contributed by atoms with van der Waals surface area (Å²) in [6.45, 7) is 6.99. The van der Waals surface area contributed by atoms with Crippen LogP contribution in [0.25, 0.3) is 5.76 Å². The summed E-state index contributed by atoms with van der Waals surface area (Å²) in [6, 6.07) is 21.1. The van der Waals surface area contributed by atoms with Crippen molar-refractivity contribution in [1.29, 1.82) is 0 Å². The molecular weight excluding hydrogens is 492 g/mol. The minimum absolute atomic E-state index is 0.0564. The quantitative estimate of drug-likeness (QED) is 0.149. The number of likely N-dealkylation sites (tertiary alicyclic amines) is 1. The maximum absolute atomic E-state index is 13.4. The minimum atomic E-state index is -0.761. The highest BCUT2D eigenvalue weighted by atomic mass is 16.5. The Morgan fingerprint density at radius 1 is 1.03 bits per heavy atom. The van der Waals surface area contributed by atoms with Crippen LogP contribution in [0.3, 0.4) is 0 Å². The van der Waals surface area contributed by atoms with E-state index in [1.165, 1.54) is 0 Å². The number of Topliss-reactive ketones (excluding diaryl/α,β-unsaturated/α-hetero) is 1. The molecule has 1 heterocycles. The molecule has 3 aromatic rings. The number of nitrogens with zero attached hydrogens (tertiary/aromatic N) is 2. The van der Waals surface area contributed by atoms with Crippen molar-refractivity contribution >= 4 is 17.4 Å². The number of hydrogen-bond donors (Lipinski definition) is 1. The molecule has 3 aromatic carbocycles. The number of aliphatic hydroxyl groups is 1. The Bertz CT molecular complexity index is 1380. The van der Waals surface area contributed by atoms with Crippen LogP contribution in [-0.4, -0.2) is 60.4 Å². The average Bonchev–Trinajstić information content (AvgIpc) is 3.17. The van der Waals surface area contributed by atoms with Gasteiger partial charge >= 0.3 is 0 Å². The third-order valence-electron chi connectivity index (χ3n) is 6.50. The number of ketones is 1. The van der Waals surface area contributed by atoms with Crippen molar-refractivity contribution < 1.29 is 24.2 Å². The zero-order chi connectivity index (χ0) is 27.9. The molecule has 4 rings (SSSR count). The molecule has 0 radical (unpaired) electrons. The molecule has 1 unspecified atom stereocenters. The van der Waals surface area contributed by atoms with Crippen LogP contribution in [0, 0.1) is 6.92 Å². The SMILES string of the molecule is C=CCOc1ccc(C(O)=C2C(=O)C(=O)N(CCCN(C)C)C2c2cccc(Oc3ccccc3)c2)cc1C. The molecule has 7 nitrogen and oxygen atoms in total. The van der Waals surface area contributed by atoms with E-state index in [2.05, 4.69) is 6.58 Å².